The van der Waals surface area contributed by atoms with Crippen molar-refractivity contribution in [2.45, 2.75) is 38.5 Å². The fraction of sp³-hybridized carbons (Fsp3) is 0.500. The second-order valence-electron chi connectivity index (χ2n) is 8.20. The lowest BCUT2D eigenvalue weighted by Gasteiger charge is -2.29. The average molecular weight is 350 g/mol. The minimum absolute atomic E-state index is 0.0184. The molecule has 2 unspecified atom stereocenters. The van der Waals surface area contributed by atoms with Gasteiger partial charge in [-0.3, -0.25) is 4.79 Å². The van der Waals surface area contributed by atoms with Crippen LogP contribution in [0.5, 0.6) is 0 Å². The van der Waals surface area contributed by atoms with Crippen molar-refractivity contribution in [1.29, 1.82) is 0 Å². The second-order valence-corrected chi connectivity index (χ2v) is 8.20. The fourth-order valence-electron chi connectivity index (χ4n) is 4.71. The van der Waals surface area contributed by atoms with Gasteiger partial charge in [-0.25, -0.2) is 0 Å². The van der Waals surface area contributed by atoms with E-state index in [4.69, 9.17) is 4.74 Å². The number of hydrogen-bond donors (Lipinski definition) is 1. The van der Waals surface area contributed by atoms with E-state index < -0.39 is 0 Å². The monoisotopic (exact) mass is 350 g/mol. The van der Waals surface area contributed by atoms with Gasteiger partial charge < -0.3 is 14.3 Å². The first-order valence-electron chi connectivity index (χ1n) is 9.94. The Morgan fingerprint density at radius 1 is 1.15 bits per heavy atom. The van der Waals surface area contributed by atoms with Crippen LogP contribution in [0.3, 0.4) is 0 Å². The van der Waals surface area contributed by atoms with Gasteiger partial charge in [0.2, 0.25) is 0 Å². The molecule has 4 nitrogen and oxygen atoms in total. The highest BCUT2D eigenvalue weighted by Crippen LogP contribution is 2.44. The Morgan fingerprint density at radius 2 is 1.92 bits per heavy atom. The van der Waals surface area contributed by atoms with Crippen molar-refractivity contribution in [3.63, 3.8) is 0 Å². The van der Waals surface area contributed by atoms with Crippen LogP contribution < -0.4 is 5.56 Å². The smallest absolute Gasteiger partial charge is 0.274 e. The van der Waals surface area contributed by atoms with Gasteiger partial charge in [0.15, 0.2) is 0 Å². The zero-order valence-electron chi connectivity index (χ0n) is 15.3. The van der Waals surface area contributed by atoms with Gasteiger partial charge in [-0.2, -0.15) is 0 Å². The van der Waals surface area contributed by atoms with E-state index in [0.717, 1.165) is 23.3 Å². The maximum atomic E-state index is 12.4. The van der Waals surface area contributed by atoms with E-state index in [9.17, 15) is 4.79 Å². The maximum absolute atomic E-state index is 12.4. The lowest BCUT2D eigenvalue weighted by molar-refractivity contribution is 0.128. The number of H-pyrrole nitrogens is 1. The summed E-state index contributed by atoms with van der Waals surface area (Å²) in [6.45, 7) is 0.822. The van der Waals surface area contributed by atoms with Crippen LogP contribution in [0.25, 0.3) is 16.5 Å². The average Bonchev–Trinajstić information content (AvgIpc) is 3.25. The molecular formula is C22H26N2O2. The quantitative estimate of drug-likeness (QED) is 0.889. The van der Waals surface area contributed by atoms with Crippen LogP contribution in [-0.2, 0) is 11.8 Å². The second kappa shape index (κ2) is 6.19. The summed E-state index contributed by atoms with van der Waals surface area (Å²) in [6.07, 6.45) is 16.3. The Labute approximate surface area is 153 Å². The predicted molar refractivity (Wildman–Crippen MR) is 104 cm³/mol. The zero-order valence-corrected chi connectivity index (χ0v) is 15.3. The summed E-state index contributed by atoms with van der Waals surface area (Å²) in [7, 11) is 1.83. The van der Waals surface area contributed by atoms with Crippen LogP contribution >= 0.6 is 0 Å². The number of allylic oxidation sites excluding steroid dienone is 3. The molecule has 5 rings (SSSR count). The van der Waals surface area contributed by atoms with Crippen LogP contribution in [-0.4, -0.2) is 16.2 Å². The first-order valence-corrected chi connectivity index (χ1v) is 9.94. The number of aromatic amines is 1. The van der Waals surface area contributed by atoms with E-state index in [0.29, 0.717) is 23.3 Å². The van der Waals surface area contributed by atoms with Crippen molar-refractivity contribution in [1.82, 2.24) is 9.55 Å². The summed E-state index contributed by atoms with van der Waals surface area (Å²) in [5, 5.41) is 0.994. The molecule has 136 valence electrons. The number of fused-ring (bicyclic) bond motifs is 2. The predicted octanol–water partition coefficient (Wildman–Crippen LogP) is 4.38. The molecule has 3 aliphatic rings. The van der Waals surface area contributed by atoms with Crippen molar-refractivity contribution in [2.75, 3.05) is 6.61 Å². The Hall–Kier alpha value is -2.23. The van der Waals surface area contributed by atoms with Crippen molar-refractivity contribution in [2.24, 2.45) is 24.8 Å². The van der Waals surface area contributed by atoms with E-state index in [-0.39, 0.29) is 5.56 Å². The molecule has 2 heterocycles. The van der Waals surface area contributed by atoms with Gasteiger partial charge in [-0.05, 0) is 55.6 Å². The number of aryl methyl sites for hydroxylation is 1. The molecule has 0 saturated heterocycles. The van der Waals surface area contributed by atoms with Gasteiger partial charge in [0, 0.05) is 36.0 Å². The zero-order chi connectivity index (χ0) is 17.7. The molecule has 0 spiro atoms. The van der Waals surface area contributed by atoms with Crippen LogP contribution in [0.4, 0.5) is 0 Å². The van der Waals surface area contributed by atoms with E-state index in [1.165, 1.54) is 44.1 Å². The summed E-state index contributed by atoms with van der Waals surface area (Å²) in [6, 6.07) is 2.01. The van der Waals surface area contributed by atoms with Crippen molar-refractivity contribution in [3.05, 3.63) is 52.3 Å². The molecule has 2 saturated carbocycles. The highest BCUT2D eigenvalue weighted by molar-refractivity contribution is 5.95. The highest BCUT2D eigenvalue weighted by Gasteiger charge is 2.31. The molecule has 2 atom stereocenters. The number of nitrogens with one attached hydrogen (secondary N) is 1. The summed E-state index contributed by atoms with van der Waals surface area (Å²) in [4.78, 5) is 15.5. The third kappa shape index (κ3) is 2.54. The van der Waals surface area contributed by atoms with Gasteiger partial charge in [0.05, 0.1) is 6.61 Å². The SMILES string of the molecule is Cn1cc(C2=CC3CCCC3C=C2OCC2CCC2)c2cc[nH]c2c1=O. The van der Waals surface area contributed by atoms with E-state index in [1.807, 2.05) is 25.5 Å². The minimum Gasteiger partial charge on any atom is -0.493 e. The van der Waals surface area contributed by atoms with Crippen molar-refractivity contribution < 1.29 is 4.74 Å². The van der Waals surface area contributed by atoms with E-state index in [1.54, 1.807) is 4.57 Å². The Balaban J connectivity index is 1.58. The summed E-state index contributed by atoms with van der Waals surface area (Å²) in [5.41, 5.74) is 2.98. The number of rotatable bonds is 4. The molecule has 0 amide bonds. The molecular weight excluding hydrogens is 324 g/mol. The molecule has 0 radical (unpaired) electrons. The standard InChI is InChI=1S/C22H26N2O2/c1-24-12-19(17-8-9-23-21(17)22(24)25)18-10-15-6-3-7-16(15)11-20(18)26-13-14-4-2-5-14/h8-12,14-16,23H,2-7,13H2,1H3. The topological polar surface area (TPSA) is 47.0 Å². The Morgan fingerprint density at radius 3 is 2.69 bits per heavy atom. The molecule has 3 aliphatic carbocycles. The van der Waals surface area contributed by atoms with Crippen LogP contribution in [0.1, 0.15) is 44.1 Å². The number of aromatic nitrogens is 2. The summed E-state index contributed by atoms with van der Waals surface area (Å²) < 4.78 is 8.03. The van der Waals surface area contributed by atoms with Crippen molar-refractivity contribution >= 4 is 16.5 Å². The van der Waals surface area contributed by atoms with Gasteiger partial charge in [-0.15, -0.1) is 0 Å². The molecule has 2 aromatic rings. The van der Waals surface area contributed by atoms with Gasteiger partial charge in [0.1, 0.15) is 11.3 Å². The number of nitrogens with zero attached hydrogens (tertiary/aromatic N) is 1. The first kappa shape index (κ1) is 16.0. The van der Waals surface area contributed by atoms with Crippen LogP contribution in [0, 0.1) is 17.8 Å². The highest BCUT2D eigenvalue weighted by atomic mass is 16.5. The van der Waals surface area contributed by atoms with E-state index in [2.05, 4.69) is 17.1 Å². The largest absolute Gasteiger partial charge is 0.493 e. The molecule has 4 heteroatoms. The van der Waals surface area contributed by atoms with Crippen LogP contribution in [0.15, 0.2) is 41.2 Å². The Bertz CT molecular complexity index is 958. The lowest BCUT2D eigenvalue weighted by Crippen LogP contribution is -2.21. The van der Waals surface area contributed by atoms with Crippen LogP contribution in [0.2, 0.25) is 0 Å². The molecule has 0 aromatic carbocycles. The van der Waals surface area contributed by atoms with Gasteiger partial charge >= 0.3 is 0 Å². The minimum atomic E-state index is 0.0184. The first-order chi connectivity index (χ1) is 12.7. The Kier molecular flexibility index (Phi) is 3.80. The molecule has 0 bridgehead atoms. The summed E-state index contributed by atoms with van der Waals surface area (Å²) >= 11 is 0. The third-order valence-corrected chi connectivity index (χ3v) is 6.52. The number of hydrogen-bond acceptors (Lipinski definition) is 2. The number of ether oxygens (including phenoxy) is 1. The third-order valence-electron chi connectivity index (χ3n) is 6.52. The van der Waals surface area contributed by atoms with Gasteiger partial charge in [-0.1, -0.05) is 18.9 Å². The fourth-order valence-corrected chi connectivity index (χ4v) is 4.71. The van der Waals surface area contributed by atoms with E-state index >= 15 is 0 Å². The maximum Gasteiger partial charge on any atom is 0.274 e. The normalized spacial score (nSPS) is 25.6. The van der Waals surface area contributed by atoms with Gasteiger partial charge in [0.25, 0.3) is 5.56 Å². The molecule has 2 fully saturated rings. The van der Waals surface area contributed by atoms with Crippen molar-refractivity contribution in [3.8, 4) is 0 Å². The number of pyridine rings is 1. The molecule has 2 aromatic heterocycles. The summed E-state index contributed by atoms with van der Waals surface area (Å²) in [5.74, 6) is 2.96. The molecule has 26 heavy (non-hydrogen) atoms. The lowest BCUT2D eigenvalue weighted by atomic mass is 9.84. The molecule has 1 N–H and O–H groups in total. The molecule has 0 aliphatic heterocycles.